The van der Waals surface area contributed by atoms with Gasteiger partial charge in [-0.15, -0.1) is 0 Å². The molecule has 8 heteroatoms. The first-order chi connectivity index (χ1) is 13.8. The van der Waals surface area contributed by atoms with E-state index in [-0.39, 0.29) is 5.75 Å². The zero-order valence-electron chi connectivity index (χ0n) is 15.8. The van der Waals surface area contributed by atoms with E-state index in [1.807, 2.05) is 19.1 Å². The SMILES string of the molecule is Cc1ccc([C@@H]2O[C@H](CO)[C@@H](O)[C@H](O)[C@H]2O)cc1Cc1ccc(OC(F)F)cc1. The Labute approximate surface area is 167 Å². The van der Waals surface area contributed by atoms with Gasteiger partial charge < -0.3 is 29.9 Å². The van der Waals surface area contributed by atoms with E-state index in [1.54, 1.807) is 18.2 Å². The smallest absolute Gasteiger partial charge is 0.387 e. The summed E-state index contributed by atoms with van der Waals surface area (Å²) in [5.74, 6) is 0.0792. The third-order valence-corrected chi connectivity index (χ3v) is 5.14. The minimum absolute atomic E-state index is 0.0792. The average molecular weight is 410 g/mol. The number of ether oxygens (including phenoxy) is 2. The van der Waals surface area contributed by atoms with Gasteiger partial charge in [-0.3, -0.25) is 0 Å². The highest BCUT2D eigenvalue weighted by molar-refractivity contribution is 5.38. The maximum atomic E-state index is 12.3. The molecule has 5 atom stereocenters. The molecule has 0 aromatic heterocycles. The van der Waals surface area contributed by atoms with E-state index < -0.39 is 43.7 Å². The highest BCUT2D eigenvalue weighted by Gasteiger charge is 2.43. The van der Waals surface area contributed by atoms with Crippen molar-refractivity contribution in [2.24, 2.45) is 0 Å². The summed E-state index contributed by atoms with van der Waals surface area (Å²) in [7, 11) is 0. The number of hydrogen-bond donors (Lipinski definition) is 4. The van der Waals surface area contributed by atoms with Crippen LogP contribution in [0.4, 0.5) is 8.78 Å². The number of aliphatic hydroxyl groups excluding tert-OH is 4. The van der Waals surface area contributed by atoms with Crippen LogP contribution in [-0.2, 0) is 11.2 Å². The van der Waals surface area contributed by atoms with Crippen molar-refractivity contribution in [1.29, 1.82) is 0 Å². The predicted octanol–water partition coefficient (Wildman–Crippen LogP) is 1.70. The van der Waals surface area contributed by atoms with Gasteiger partial charge in [0.05, 0.1) is 6.61 Å². The van der Waals surface area contributed by atoms with Gasteiger partial charge in [0.15, 0.2) is 0 Å². The summed E-state index contributed by atoms with van der Waals surface area (Å²) >= 11 is 0. The molecule has 3 rings (SSSR count). The standard InChI is InChI=1S/C21H24F2O6/c1-11-2-5-13(20-19(27)18(26)17(25)16(10-24)29-20)9-14(11)8-12-3-6-15(7-4-12)28-21(22)23/h2-7,9,16-21,24-27H,8,10H2,1H3/t16-,17-,18+,19-,20+/m1/s1. The molecule has 6 nitrogen and oxygen atoms in total. The molecule has 1 fully saturated rings. The highest BCUT2D eigenvalue weighted by atomic mass is 19.3. The maximum absolute atomic E-state index is 12.3. The lowest BCUT2D eigenvalue weighted by atomic mass is 9.89. The minimum Gasteiger partial charge on any atom is -0.435 e. The Hall–Kier alpha value is -2.10. The number of halogens is 2. The summed E-state index contributed by atoms with van der Waals surface area (Å²) in [6.45, 7) is -1.45. The van der Waals surface area contributed by atoms with E-state index >= 15 is 0 Å². The molecule has 2 aromatic rings. The van der Waals surface area contributed by atoms with Gasteiger partial charge in [0, 0.05) is 0 Å². The average Bonchev–Trinajstić information content (AvgIpc) is 2.69. The Morgan fingerprint density at radius 2 is 1.69 bits per heavy atom. The first kappa shape index (κ1) is 21.6. The van der Waals surface area contributed by atoms with Crippen molar-refractivity contribution in [3.8, 4) is 5.75 Å². The van der Waals surface area contributed by atoms with Gasteiger partial charge >= 0.3 is 6.61 Å². The van der Waals surface area contributed by atoms with Crippen molar-refractivity contribution in [3.05, 3.63) is 64.7 Å². The van der Waals surface area contributed by atoms with Crippen LogP contribution >= 0.6 is 0 Å². The van der Waals surface area contributed by atoms with Crippen LogP contribution in [0, 0.1) is 6.92 Å². The van der Waals surface area contributed by atoms with E-state index in [0.717, 1.165) is 16.7 Å². The molecular formula is C21H24F2O6. The van der Waals surface area contributed by atoms with Gasteiger partial charge in [-0.25, -0.2) is 0 Å². The monoisotopic (exact) mass is 410 g/mol. The number of benzene rings is 2. The molecule has 4 N–H and O–H groups in total. The van der Waals surface area contributed by atoms with Gasteiger partial charge in [-0.2, -0.15) is 8.78 Å². The Kier molecular flexibility index (Phi) is 6.81. The second-order valence-corrected chi connectivity index (χ2v) is 7.13. The summed E-state index contributed by atoms with van der Waals surface area (Å²) in [5, 5.41) is 39.7. The van der Waals surface area contributed by atoms with Gasteiger partial charge in [-0.1, -0.05) is 30.3 Å². The van der Waals surface area contributed by atoms with E-state index in [0.29, 0.717) is 12.0 Å². The zero-order chi connectivity index (χ0) is 21.1. The molecule has 0 bridgehead atoms. The highest BCUT2D eigenvalue weighted by Crippen LogP contribution is 2.33. The molecule has 0 amide bonds. The number of aryl methyl sites for hydroxylation is 1. The van der Waals surface area contributed by atoms with Crippen LogP contribution in [0.3, 0.4) is 0 Å². The lowest BCUT2D eigenvalue weighted by Crippen LogP contribution is -2.55. The molecule has 0 saturated carbocycles. The van der Waals surface area contributed by atoms with Crippen molar-refractivity contribution in [2.45, 2.75) is 50.5 Å². The third kappa shape index (κ3) is 4.91. The summed E-state index contributed by atoms with van der Waals surface area (Å²) in [4.78, 5) is 0. The normalized spacial score (nSPS) is 27.2. The van der Waals surface area contributed by atoms with Crippen LogP contribution in [0.25, 0.3) is 0 Å². The largest absolute Gasteiger partial charge is 0.435 e. The van der Waals surface area contributed by atoms with Gasteiger partial charge in [-0.05, 0) is 47.7 Å². The number of alkyl halides is 2. The van der Waals surface area contributed by atoms with Crippen LogP contribution < -0.4 is 4.74 Å². The van der Waals surface area contributed by atoms with E-state index in [4.69, 9.17) is 4.74 Å². The number of rotatable bonds is 6. The summed E-state index contributed by atoms with van der Waals surface area (Å²) in [6, 6.07) is 11.8. The Morgan fingerprint density at radius 1 is 1.00 bits per heavy atom. The number of aliphatic hydroxyl groups is 4. The Morgan fingerprint density at radius 3 is 2.31 bits per heavy atom. The van der Waals surface area contributed by atoms with E-state index in [2.05, 4.69) is 4.74 Å². The molecule has 0 aliphatic carbocycles. The minimum atomic E-state index is -2.88. The summed E-state index contributed by atoms with van der Waals surface area (Å²) < 4.78 is 34.5. The van der Waals surface area contributed by atoms with Gasteiger partial charge in [0.25, 0.3) is 0 Å². The van der Waals surface area contributed by atoms with E-state index in [1.165, 1.54) is 12.1 Å². The molecule has 1 heterocycles. The van der Waals surface area contributed by atoms with Crippen molar-refractivity contribution in [2.75, 3.05) is 6.61 Å². The number of hydrogen-bond acceptors (Lipinski definition) is 6. The van der Waals surface area contributed by atoms with Crippen LogP contribution in [-0.4, -0.2) is 58.1 Å². The topological polar surface area (TPSA) is 99.4 Å². The molecule has 1 aliphatic heterocycles. The lowest BCUT2D eigenvalue weighted by Gasteiger charge is -2.40. The molecule has 2 aromatic carbocycles. The third-order valence-electron chi connectivity index (χ3n) is 5.14. The summed E-state index contributed by atoms with van der Waals surface area (Å²) in [6.07, 6.45) is -5.60. The van der Waals surface area contributed by atoms with Crippen molar-refractivity contribution in [1.82, 2.24) is 0 Å². The summed E-state index contributed by atoms with van der Waals surface area (Å²) in [5.41, 5.74) is 3.37. The van der Waals surface area contributed by atoms with Crippen LogP contribution in [0.15, 0.2) is 42.5 Å². The Bertz CT molecular complexity index is 811. The molecule has 1 saturated heterocycles. The molecule has 158 valence electrons. The maximum Gasteiger partial charge on any atom is 0.387 e. The van der Waals surface area contributed by atoms with Crippen molar-refractivity contribution >= 4 is 0 Å². The molecule has 0 radical (unpaired) electrons. The van der Waals surface area contributed by atoms with E-state index in [9.17, 15) is 29.2 Å². The Balaban J connectivity index is 1.81. The first-order valence-electron chi connectivity index (χ1n) is 9.24. The second kappa shape index (κ2) is 9.15. The fourth-order valence-electron chi connectivity index (χ4n) is 3.44. The fraction of sp³-hybridized carbons (Fsp3) is 0.429. The van der Waals surface area contributed by atoms with Crippen molar-refractivity contribution in [3.63, 3.8) is 0 Å². The fourth-order valence-corrected chi connectivity index (χ4v) is 3.44. The molecule has 0 unspecified atom stereocenters. The van der Waals surface area contributed by atoms with Crippen LogP contribution in [0.1, 0.15) is 28.4 Å². The lowest BCUT2D eigenvalue weighted by molar-refractivity contribution is -0.231. The van der Waals surface area contributed by atoms with Crippen molar-refractivity contribution < 1.29 is 38.7 Å². The molecule has 29 heavy (non-hydrogen) atoms. The van der Waals surface area contributed by atoms with Crippen LogP contribution in [0.2, 0.25) is 0 Å². The molecule has 1 aliphatic rings. The van der Waals surface area contributed by atoms with Crippen LogP contribution in [0.5, 0.6) is 5.75 Å². The zero-order valence-corrected chi connectivity index (χ0v) is 15.8. The second-order valence-electron chi connectivity index (χ2n) is 7.13. The van der Waals surface area contributed by atoms with Gasteiger partial charge in [0.1, 0.15) is 36.3 Å². The quantitative estimate of drug-likeness (QED) is 0.579. The van der Waals surface area contributed by atoms with Gasteiger partial charge in [0.2, 0.25) is 0 Å². The molecule has 0 spiro atoms. The predicted molar refractivity (Wildman–Crippen MR) is 99.8 cm³/mol. The first-order valence-corrected chi connectivity index (χ1v) is 9.24. The molecular weight excluding hydrogens is 386 g/mol.